The van der Waals surface area contributed by atoms with E-state index in [0.717, 1.165) is 25.7 Å². The molecular formula is C10H20N2O2. The van der Waals surface area contributed by atoms with E-state index in [0.29, 0.717) is 0 Å². The van der Waals surface area contributed by atoms with Crippen molar-refractivity contribution in [3.63, 3.8) is 0 Å². The van der Waals surface area contributed by atoms with Crippen LogP contribution < -0.4 is 11.1 Å². The van der Waals surface area contributed by atoms with Gasteiger partial charge in [0.1, 0.15) is 0 Å². The van der Waals surface area contributed by atoms with E-state index in [-0.39, 0.29) is 12.5 Å². The number of nitrogens with two attached hydrogens (primary N) is 1. The van der Waals surface area contributed by atoms with Gasteiger partial charge in [0.05, 0.1) is 17.7 Å². The van der Waals surface area contributed by atoms with Crippen LogP contribution in [0.4, 0.5) is 0 Å². The quantitative estimate of drug-likeness (QED) is 0.591. The fourth-order valence-electron chi connectivity index (χ4n) is 1.42. The molecule has 0 aromatic heterocycles. The summed E-state index contributed by atoms with van der Waals surface area (Å²) >= 11 is 0. The zero-order valence-corrected chi connectivity index (χ0v) is 8.97. The minimum atomic E-state index is -0.648. The van der Waals surface area contributed by atoms with E-state index >= 15 is 0 Å². The number of aliphatic hydroxyl groups is 1. The summed E-state index contributed by atoms with van der Waals surface area (Å²) in [5.41, 5.74) is 4.64. The van der Waals surface area contributed by atoms with Crippen LogP contribution in [0, 0.1) is 0 Å². The van der Waals surface area contributed by atoms with Gasteiger partial charge in [0.25, 0.3) is 0 Å². The molecule has 0 aromatic rings. The normalized spacial score (nSPS) is 19.1. The summed E-state index contributed by atoms with van der Waals surface area (Å²) in [5, 5.41) is 12.1. The second kappa shape index (κ2) is 3.87. The fraction of sp³-hybridized carbons (Fsp3) is 0.900. The largest absolute Gasteiger partial charge is 0.394 e. The first kappa shape index (κ1) is 11.5. The Morgan fingerprint density at radius 3 is 2.29 bits per heavy atom. The van der Waals surface area contributed by atoms with Crippen molar-refractivity contribution < 1.29 is 9.90 Å². The summed E-state index contributed by atoms with van der Waals surface area (Å²) in [6, 6.07) is 0. The smallest absolute Gasteiger partial charge is 0.240 e. The van der Waals surface area contributed by atoms with Crippen LogP contribution in [0.3, 0.4) is 0 Å². The first-order valence-corrected chi connectivity index (χ1v) is 5.24. The monoisotopic (exact) mass is 200 g/mol. The zero-order valence-electron chi connectivity index (χ0n) is 8.97. The van der Waals surface area contributed by atoms with Crippen molar-refractivity contribution >= 4 is 5.91 Å². The van der Waals surface area contributed by atoms with Crippen molar-refractivity contribution in [2.45, 2.75) is 50.6 Å². The van der Waals surface area contributed by atoms with Crippen LogP contribution in [0.1, 0.15) is 39.5 Å². The molecule has 4 nitrogen and oxygen atoms in total. The Hall–Kier alpha value is -0.610. The van der Waals surface area contributed by atoms with Crippen LogP contribution in [0.2, 0.25) is 0 Å². The van der Waals surface area contributed by atoms with Gasteiger partial charge in [-0.05, 0) is 25.7 Å². The highest BCUT2D eigenvalue weighted by Gasteiger charge is 2.47. The van der Waals surface area contributed by atoms with Crippen LogP contribution in [0.5, 0.6) is 0 Å². The molecule has 0 spiro atoms. The third kappa shape index (κ3) is 2.07. The lowest BCUT2D eigenvalue weighted by molar-refractivity contribution is -0.126. The van der Waals surface area contributed by atoms with E-state index in [2.05, 4.69) is 5.32 Å². The molecule has 1 saturated carbocycles. The maximum Gasteiger partial charge on any atom is 0.240 e. The molecule has 0 unspecified atom stereocenters. The van der Waals surface area contributed by atoms with Crippen molar-refractivity contribution in [1.82, 2.24) is 5.32 Å². The van der Waals surface area contributed by atoms with Gasteiger partial charge in [0.15, 0.2) is 0 Å². The highest BCUT2D eigenvalue weighted by atomic mass is 16.3. The average molecular weight is 200 g/mol. The number of carbonyl (C=O) groups excluding carboxylic acids is 1. The number of rotatable bonds is 5. The average Bonchev–Trinajstić information content (AvgIpc) is 2.94. The van der Waals surface area contributed by atoms with E-state index < -0.39 is 11.1 Å². The van der Waals surface area contributed by atoms with Crippen molar-refractivity contribution in [2.75, 3.05) is 6.61 Å². The summed E-state index contributed by atoms with van der Waals surface area (Å²) in [6.45, 7) is 3.88. The maximum absolute atomic E-state index is 11.7. The first-order valence-electron chi connectivity index (χ1n) is 5.24. The van der Waals surface area contributed by atoms with Gasteiger partial charge >= 0.3 is 0 Å². The van der Waals surface area contributed by atoms with Gasteiger partial charge in [-0.2, -0.15) is 0 Å². The molecule has 4 N–H and O–H groups in total. The van der Waals surface area contributed by atoms with Crippen LogP contribution in [0.15, 0.2) is 0 Å². The van der Waals surface area contributed by atoms with Crippen molar-refractivity contribution in [3.8, 4) is 0 Å². The topological polar surface area (TPSA) is 75.3 Å². The van der Waals surface area contributed by atoms with Gasteiger partial charge in [-0.25, -0.2) is 0 Å². The Kier molecular flexibility index (Phi) is 3.17. The van der Waals surface area contributed by atoms with Crippen molar-refractivity contribution in [2.24, 2.45) is 5.73 Å². The molecule has 82 valence electrons. The molecule has 0 heterocycles. The van der Waals surface area contributed by atoms with Gasteiger partial charge in [-0.1, -0.05) is 13.8 Å². The molecule has 0 atom stereocenters. The second-order valence-corrected chi connectivity index (χ2v) is 4.26. The first-order chi connectivity index (χ1) is 6.52. The second-order valence-electron chi connectivity index (χ2n) is 4.26. The Balaban J connectivity index is 2.59. The number of carbonyl (C=O) groups is 1. The van der Waals surface area contributed by atoms with Crippen LogP contribution in [-0.2, 0) is 4.79 Å². The van der Waals surface area contributed by atoms with Crippen molar-refractivity contribution in [1.29, 1.82) is 0 Å². The minimum absolute atomic E-state index is 0.0260. The Labute approximate surface area is 84.9 Å². The lowest BCUT2D eigenvalue weighted by Gasteiger charge is -2.32. The molecular weight excluding hydrogens is 180 g/mol. The van der Waals surface area contributed by atoms with Crippen LogP contribution in [-0.4, -0.2) is 28.7 Å². The van der Waals surface area contributed by atoms with Crippen LogP contribution in [0.25, 0.3) is 0 Å². The molecule has 0 aliphatic heterocycles. The molecule has 0 saturated heterocycles. The van der Waals surface area contributed by atoms with E-state index in [4.69, 9.17) is 5.73 Å². The summed E-state index contributed by atoms with van der Waals surface area (Å²) in [4.78, 5) is 11.7. The SMILES string of the molecule is CCC(CC)(CO)NC(=O)C1(N)CC1. The maximum atomic E-state index is 11.7. The van der Waals surface area contributed by atoms with E-state index in [9.17, 15) is 9.90 Å². The van der Waals surface area contributed by atoms with Gasteiger partial charge in [0, 0.05) is 0 Å². The molecule has 1 fully saturated rings. The Morgan fingerprint density at radius 1 is 1.50 bits per heavy atom. The third-order valence-corrected chi connectivity index (χ3v) is 3.28. The minimum Gasteiger partial charge on any atom is -0.394 e. The van der Waals surface area contributed by atoms with Crippen LogP contribution >= 0.6 is 0 Å². The highest BCUT2D eigenvalue weighted by Crippen LogP contribution is 2.33. The van der Waals surface area contributed by atoms with Gasteiger partial charge < -0.3 is 16.2 Å². The van der Waals surface area contributed by atoms with Gasteiger partial charge in [-0.15, -0.1) is 0 Å². The lowest BCUT2D eigenvalue weighted by atomic mass is 9.93. The zero-order chi connectivity index (χ0) is 10.8. The van der Waals surface area contributed by atoms with Gasteiger partial charge in [0.2, 0.25) is 5.91 Å². The lowest BCUT2D eigenvalue weighted by Crippen LogP contribution is -2.56. The van der Waals surface area contributed by atoms with E-state index in [1.54, 1.807) is 0 Å². The number of hydrogen-bond donors (Lipinski definition) is 3. The summed E-state index contributed by atoms with van der Waals surface area (Å²) in [7, 11) is 0. The number of aliphatic hydroxyl groups excluding tert-OH is 1. The van der Waals surface area contributed by atoms with E-state index in [1.165, 1.54) is 0 Å². The van der Waals surface area contributed by atoms with Crippen molar-refractivity contribution in [3.05, 3.63) is 0 Å². The van der Waals surface area contributed by atoms with Gasteiger partial charge in [-0.3, -0.25) is 4.79 Å². The number of hydrogen-bond acceptors (Lipinski definition) is 3. The summed E-state index contributed by atoms with van der Waals surface area (Å²) < 4.78 is 0. The Morgan fingerprint density at radius 2 is 2.00 bits per heavy atom. The number of amides is 1. The molecule has 1 aliphatic rings. The standard InChI is InChI=1S/C10H20N2O2/c1-3-9(4-2,7-13)12-8(14)10(11)5-6-10/h13H,3-7,11H2,1-2H3,(H,12,14). The summed E-state index contributed by atoms with van der Waals surface area (Å²) in [6.07, 6.45) is 2.96. The molecule has 0 aromatic carbocycles. The highest BCUT2D eigenvalue weighted by molar-refractivity contribution is 5.89. The molecule has 4 heteroatoms. The fourth-order valence-corrected chi connectivity index (χ4v) is 1.42. The molecule has 1 aliphatic carbocycles. The molecule has 1 rings (SSSR count). The molecule has 1 amide bonds. The molecule has 0 radical (unpaired) electrons. The predicted molar refractivity (Wildman–Crippen MR) is 54.7 cm³/mol. The Bertz CT molecular complexity index is 212. The summed E-state index contributed by atoms with van der Waals surface area (Å²) in [5.74, 6) is -0.116. The van der Waals surface area contributed by atoms with E-state index in [1.807, 2.05) is 13.8 Å². The third-order valence-electron chi connectivity index (χ3n) is 3.28. The molecule has 0 bridgehead atoms. The number of nitrogens with one attached hydrogen (secondary N) is 1. The molecule has 14 heavy (non-hydrogen) atoms. The predicted octanol–water partition coefficient (Wildman–Crippen LogP) is 0.145.